The number of rotatable bonds is 61. The van der Waals surface area contributed by atoms with Crippen LogP contribution >= 0.6 is 0 Å². The summed E-state index contributed by atoms with van der Waals surface area (Å²) in [6.45, 7) is 6.52. The van der Waals surface area contributed by atoms with Gasteiger partial charge in [-0.25, -0.2) is 0 Å². The normalized spacial score (nSPS) is 12.8. The number of unbranched alkanes of at least 4 members (excludes halogenated alkanes) is 32. The average Bonchev–Trinajstić information content (AvgIpc) is 3.46. The van der Waals surface area contributed by atoms with Gasteiger partial charge in [-0.15, -0.1) is 0 Å². The molecule has 0 aliphatic heterocycles. The molecule has 0 saturated heterocycles. The van der Waals surface area contributed by atoms with Crippen LogP contribution in [0.15, 0.2) is 109 Å². The third-order valence-electron chi connectivity index (χ3n) is 14.5. The van der Waals surface area contributed by atoms with Crippen LogP contribution in [0.1, 0.15) is 323 Å². The van der Waals surface area contributed by atoms with Gasteiger partial charge in [0.1, 0.15) is 13.2 Å². The number of hydrogen-bond acceptors (Lipinski definition) is 6. The highest BCUT2D eigenvalue weighted by atomic mass is 16.6. The van der Waals surface area contributed by atoms with E-state index >= 15 is 0 Å². The topological polar surface area (TPSA) is 78.9 Å². The number of esters is 3. The van der Waals surface area contributed by atoms with Crippen LogP contribution in [0.25, 0.3) is 0 Å². The smallest absolute Gasteiger partial charge is 0.306 e. The van der Waals surface area contributed by atoms with E-state index in [1.54, 1.807) is 0 Å². The average molecular weight is 1110 g/mol. The first-order chi connectivity index (χ1) is 39.5. The first kappa shape index (κ1) is 76.1. The molecule has 1 unspecified atom stereocenters. The van der Waals surface area contributed by atoms with Gasteiger partial charge in [-0.3, -0.25) is 14.4 Å². The Kier molecular flexibility index (Phi) is 64.3. The second kappa shape index (κ2) is 67.6. The maximum absolute atomic E-state index is 12.9. The van der Waals surface area contributed by atoms with Crippen LogP contribution in [-0.2, 0) is 28.6 Å². The van der Waals surface area contributed by atoms with Gasteiger partial charge in [0.2, 0.25) is 0 Å². The summed E-state index contributed by atoms with van der Waals surface area (Å²) in [5, 5.41) is 0. The number of hydrogen-bond donors (Lipinski definition) is 0. The van der Waals surface area contributed by atoms with Crippen molar-refractivity contribution in [3.63, 3.8) is 0 Å². The summed E-state index contributed by atoms with van der Waals surface area (Å²) >= 11 is 0. The molecule has 6 nitrogen and oxygen atoms in total. The minimum absolute atomic E-state index is 0.0876. The molecule has 0 bridgehead atoms. The lowest BCUT2D eigenvalue weighted by Gasteiger charge is -2.18. The third-order valence-corrected chi connectivity index (χ3v) is 14.5. The summed E-state index contributed by atoms with van der Waals surface area (Å²) in [6, 6.07) is 0. The zero-order valence-electron chi connectivity index (χ0n) is 52.6. The van der Waals surface area contributed by atoms with Crippen LogP contribution in [0.3, 0.4) is 0 Å². The van der Waals surface area contributed by atoms with Crippen molar-refractivity contribution in [2.45, 2.75) is 329 Å². The Labute approximate surface area is 495 Å². The first-order valence-electron chi connectivity index (χ1n) is 33.9. The lowest BCUT2D eigenvalue weighted by Crippen LogP contribution is -2.30. The predicted octanol–water partition coefficient (Wildman–Crippen LogP) is 23.4. The summed E-state index contributed by atoms with van der Waals surface area (Å²) in [5.74, 6) is -0.900. The minimum atomic E-state index is -0.793. The van der Waals surface area contributed by atoms with Crippen LogP contribution in [0.2, 0.25) is 0 Å². The van der Waals surface area contributed by atoms with Gasteiger partial charge in [0.25, 0.3) is 0 Å². The summed E-state index contributed by atoms with van der Waals surface area (Å²) in [4.78, 5) is 38.4. The fraction of sp³-hybridized carbons (Fsp3) is 0.716. The molecule has 0 N–H and O–H groups in total. The zero-order valence-corrected chi connectivity index (χ0v) is 52.6. The van der Waals surface area contributed by atoms with Gasteiger partial charge in [-0.2, -0.15) is 0 Å². The summed E-state index contributed by atoms with van der Waals surface area (Å²) in [7, 11) is 0. The zero-order chi connectivity index (χ0) is 57.8. The van der Waals surface area contributed by atoms with Gasteiger partial charge in [-0.1, -0.05) is 284 Å². The monoisotopic (exact) mass is 1110 g/mol. The van der Waals surface area contributed by atoms with Crippen LogP contribution in [0.5, 0.6) is 0 Å². The molecule has 458 valence electrons. The van der Waals surface area contributed by atoms with Crippen molar-refractivity contribution in [3.05, 3.63) is 109 Å². The molecule has 0 saturated carbocycles. The molecule has 6 heteroatoms. The molecule has 0 aliphatic rings. The van der Waals surface area contributed by atoms with E-state index in [1.807, 2.05) is 0 Å². The van der Waals surface area contributed by atoms with Gasteiger partial charge in [0, 0.05) is 19.3 Å². The van der Waals surface area contributed by atoms with Crippen molar-refractivity contribution in [2.75, 3.05) is 13.2 Å². The molecule has 0 radical (unpaired) electrons. The maximum atomic E-state index is 12.9. The molecular formula is C74H126O6. The molecule has 0 rings (SSSR count). The van der Waals surface area contributed by atoms with Crippen molar-refractivity contribution in [1.29, 1.82) is 0 Å². The molecule has 0 aromatic rings. The first-order valence-corrected chi connectivity index (χ1v) is 33.9. The summed E-state index contributed by atoms with van der Waals surface area (Å²) in [5.41, 5.74) is 0. The maximum Gasteiger partial charge on any atom is 0.306 e. The third kappa shape index (κ3) is 64.9. The highest BCUT2D eigenvalue weighted by Crippen LogP contribution is 2.16. The second-order valence-corrected chi connectivity index (χ2v) is 22.3. The Hall–Kier alpha value is -3.93. The molecule has 0 aromatic carbocycles. The van der Waals surface area contributed by atoms with Crippen LogP contribution in [-0.4, -0.2) is 37.2 Å². The van der Waals surface area contributed by atoms with Crippen molar-refractivity contribution in [1.82, 2.24) is 0 Å². The molecule has 0 aromatic heterocycles. The van der Waals surface area contributed by atoms with Gasteiger partial charge in [0.15, 0.2) is 6.10 Å². The van der Waals surface area contributed by atoms with E-state index in [0.717, 1.165) is 122 Å². The van der Waals surface area contributed by atoms with E-state index in [2.05, 4.69) is 130 Å². The largest absolute Gasteiger partial charge is 0.462 e. The van der Waals surface area contributed by atoms with Crippen LogP contribution in [0, 0.1) is 0 Å². The van der Waals surface area contributed by atoms with Crippen molar-refractivity contribution < 1.29 is 28.6 Å². The highest BCUT2D eigenvalue weighted by molar-refractivity contribution is 5.71. The molecule has 0 amide bonds. The van der Waals surface area contributed by atoms with Crippen LogP contribution in [0.4, 0.5) is 0 Å². The Balaban J connectivity index is 4.42. The highest BCUT2D eigenvalue weighted by Gasteiger charge is 2.19. The number of allylic oxidation sites excluding steroid dienone is 18. The van der Waals surface area contributed by atoms with E-state index in [4.69, 9.17) is 14.2 Å². The van der Waals surface area contributed by atoms with E-state index in [-0.39, 0.29) is 31.1 Å². The predicted molar refractivity (Wildman–Crippen MR) is 348 cm³/mol. The summed E-state index contributed by atoms with van der Waals surface area (Å²) in [6.07, 6.45) is 92.3. The van der Waals surface area contributed by atoms with E-state index < -0.39 is 6.10 Å². The van der Waals surface area contributed by atoms with Gasteiger partial charge >= 0.3 is 17.9 Å². The molecule has 80 heavy (non-hydrogen) atoms. The van der Waals surface area contributed by atoms with E-state index in [1.165, 1.54) is 161 Å². The van der Waals surface area contributed by atoms with E-state index in [0.29, 0.717) is 19.3 Å². The van der Waals surface area contributed by atoms with Gasteiger partial charge in [-0.05, 0) is 128 Å². The fourth-order valence-electron chi connectivity index (χ4n) is 9.41. The molecule has 0 fully saturated rings. The molecule has 1 atom stereocenters. The van der Waals surface area contributed by atoms with Crippen LogP contribution < -0.4 is 0 Å². The molecule has 0 spiro atoms. The van der Waals surface area contributed by atoms with E-state index in [9.17, 15) is 14.4 Å². The number of carbonyl (C=O) groups is 3. The Morgan fingerprint density at radius 3 is 0.787 bits per heavy atom. The molecular weight excluding hydrogens is 985 g/mol. The van der Waals surface area contributed by atoms with Crippen molar-refractivity contribution >= 4 is 17.9 Å². The SMILES string of the molecule is CC/C=C\C/C=C\C/C=C\C/C=C\C/C=C\C/C=C\CCCCCCCCC(=O)OCC(COC(=O)CCCCCCCCC/C=C\C/C=C\CCCCCC)OC(=O)CCCCCCCCCCC/C=C\CCCCCCCC. The quantitative estimate of drug-likeness (QED) is 0.0261. The fourth-order valence-corrected chi connectivity index (χ4v) is 9.41. The van der Waals surface area contributed by atoms with Crippen molar-refractivity contribution in [3.8, 4) is 0 Å². The second-order valence-electron chi connectivity index (χ2n) is 22.3. The Morgan fingerprint density at radius 1 is 0.263 bits per heavy atom. The molecule has 0 aliphatic carbocycles. The number of carbonyl (C=O) groups excluding carboxylic acids is 3. The van der Waals surface area contributed by atoms with Gasteiger partial charge in [0.05, 0.1) is 0 Å². The Bertz CT molecular complexity index is 1610. The standard InChI is InChI=1S/C74H126O6/c1-4-7-10-13-16-19-22-25-28-31-34-35-36-37-38-39-41-43-46-49-52-55-58-61-64-67-73(76)79-70-71(69-78-72(75)66-63-60-57-54-51-48-45-42-33-30-27-24-21-18-15-12-9-6-3)80-74(77)68-65-62-59-56-53-50-47-44-40-32-29-26-23-20-17-14-11-8-5-2/h7,10,16,19,21,24-26,28-30,33-35,37-38,41,43,71H,4-6,8-9,11-15,17-18,20,22-23,27,31-32,36,39-40,42,44-70H2,1-3H3/b10-7-,19-16-,24-21-,28-25-,29-26-,33-30-,35-34-,38-37-,43-41-. The Morgan fingerprint density at radius 2 is 0.487 bits per heavy atom. The lowest BCUT2D eigenvalue weighted by molar-refractivity contribution is -0.167. The molecule has 0 heterocycles. The number of ether oxygens (including phenoxy) is 3. The lowest BCUT2D eigenvalue weighted by atomic mass is 10.1. The minimum Gasteiger partial charge on any atom is -0.462 e. The summed E-state index contributed by atoms with van der Waals surface area (Å²) < 4.78 is 17.0. The van der Waals surface area contributed by atoms with Crippen molar-refractivity contribution in [2.24, 2.45) is 0 Å². The van der Waals surface area contributed by atoms with Gasteiger partial charge < -0.3 is 14.2 Å².